The normalized spacial score (nSPS) is 14.1. The van der Waals surface area contributed by atoms with Crippen LogP contribution in [0.5, 0.6) is 0 Å². The van der Waals surface area contributed by atoms with Crippen LogP contribution in [0.3, 0.4) is 0 Å². The molecule has 1 aromatic heterocycles. The van der Waals surface area contributed by atoms with Crippen molar-refractivity contribution < 1.29 is 18.7 Å². The average Bonchev–Trinajstić information content (AvgIpc) is 3.25. The largest absolute Gasteiger partial charge is 0.467 e. The zero-order chi connectivity index (χ0) is 16.9. The molecular weight excluding hydrogens is 308 g/mol. The summed E-state index contributed by atoms with van der Waals surface area (Å²) < 4.78 is 10.3. The van der Waals surface area contributed by atoms with E-state index in [1.165, 1.54) is 5.56 Å². The van der Waals surface area contributed by atoms with Crippen LogP contribution in [0.15, 0.2) is 47.1 Å². The van der Waals surface area contributed by atoms with Crippen molar-refractivity contribution in [3.63, 3.8) is 0 Å². The molecule has 3 rings (SSSR count). The fraction of sp³-hybridized carbons (Fsp3) is 0.333. The number of rotatable bonds is 5. The Morgan fingerprint density at radius 2 is 2.12 bits per heavy atom. The van der Waals surface area contributed by atoms with Crippen LogP contribution < -0.4 is 10.2 Å². The van der Waals surface area contributed by atoms with Crippen LogP contribution >= 0.6 is 0 Å². The van der Waals surface area contributed by atoms with E-state index in [2.05, 4.69) is 22.3 Å². The van der Waals surface area contributed by atoms with Crippen molar-refractivity contribution in [2.75, 3.05) is 24.6 Å². The van der Waals surface area contributed by atoms with Crippen LogP contribution in [-0.2, 0) is 20.7 Å². The molecule has 2 heterocycles. The Kier molecular flexibility index (Phi) is 4.84. The molecule has 1 aromatic carbocycles. The summed E-state index contributed by atoms with van der Waals surface area (Å²) in [5.74, 6) is -0.853. The molecule has 0 saturated carbocycles. The van der Waals surface area contributed by atoms with Crippen molar-refractivity contribution in [2.45, 2.75) is 19.4 Å². The fourth-order valence-corrected chi connectivity index (χ4v) is 2.99. The molecule has 0 saturated heterocycles. The molecule has 0 aliphatic carbocycles. The SMILES string of the molecule is CCOC(=O)C(=O)NC[C@H](c1ccco1)N1CCc2ccccc21. The molecule has 6 heteroatoms. The van der Waals surface area contributed by atoms with Gasteiger partial charge in [0.2, 0.25) is 0 Å². The standard InChI is InChI=1S/C18H20N2O4/c1-2-23-18(22)17(21)19-12-15(16-8-5-11-24-16)20-10-9-13-6-3-4-7-14(13)20/h3-8,11,15H,2,9-10,12H2,1H3,(H,19,21)/t15-/m1/s1. The highest BCUT2D eigenvalue weighted by Crippen LogP contribution is 2.34. The number of hydrogen-bond acceptors (Lipinski definition) is 5. The summed E-state index contributed by atoms with van der Waals surface area (Å²) in [4.78, 5) is 25.5. The first-order valence-corrected chi connectivity index (χ1v) is 8.03. The molecule has 6 nitrogen and oxygen atoms in total. The molecule has 0 fully saturated rings. The van der Waals surface area contributed by atoms with Gasteiger partial charge in [0.15, 0.2) is 0 Å². The van der Waals surface area contributed by atoms with E-state index in [1.54, 1.807) is 13.2 Å². The lowest BCUT2D eigenvalue weighted by molar-refractivity contribution is -0.154. The third-order valence-corrected chi connectivity index (χ3v) is 4.09. The Bertz CT molecular complexity index is 712. The summed E-state index contributed by atoms with van der Waals surface area (Å²) in [5.41, 5.74) is 2.40. The minimum absolute atomic E-state index is 0.174. The van der Waals surface area contributed by atoms with Gasteiger partial charge in [0.05, 0.1) is 12.9 Å². The van der Waals surface area contributed by atoms with Gasteiger partial charge in [0.25, 0.3) is 0 Å². The van der Waals surface area contributed by atoms with E-state index >= 15 is 0 Å². The van der Waals surface area contributed by atoms with Gasteiger partial charge in [-0.05, 0) is 37.1 Å². The molecule has 24 heavy (non-hydrogen) atoms. The molecule has 2 aromatic rings. The lowest BCUT2D eigenvalue weighted by atomic mass is 10.1. The molecule has 1 atom stereocenters. The Labute approximate surface area is 140 Å². The highest BCUT2D eigenvalue weighted by molar-refractivity contribution is 6.32. The number of nitrogens with zero attached hydrogens (tertiary/aromatic N) is 1. The van der Waals surface area contributed by atoms with Crippen molar-refractivity contribution in [1.29, 1.82) is 0 Å². The first-order valence-electron chi connectivity index (χ1n) is 8.03. The number of amides is 1. The van der Waals surface area contributed by atoms with Crippen LogP contribution in [0.25, 0.3) is 0 Å². The maximum atomic E-state index is 11.8. The first-order chi connectivity index (χ1) is 11.7. The van der Waals surface area contributed by atoms with E-state index in [0.29, 0.717) is 0 Å². The molecule has 0 bridgehead atoms. The van der Waals surface area contributed by atoms with Gasteiger partial charge in [-0.3, -0.25) is 4.79 Å². The third kappa shape index (κ3) is 3.27. The van der Waals surface area contributed by atoms with Crippen molar-refractivity contribution in [3.8, 4) is 0 Å². The second-order valence-corrected chi connectivity index (χ2v) is 5.53. The topological polar surface area (TPSA) is 71.8 Å². The van der Waals surface area contributed by atoms with E-state index in [0.717, 1.165) is 24.4 Å². The van der Waals surface area contributed by atoms with Gasteiger partial charge in [0, 0.05) is 18.8 Å². The fourth-order valence-electron chi connectivity index (χ4n) is 2.99. The Hall–Kier alpha value is -2.76. The van der Waals surface area contributed by atoms with Gasteiger partial charge in [-0.1, -0.05) is 18.2 Å². The van der Waals surface area contributed by atoms with E-state index in [-0.39, 0.29) is 19.2 Å². The van der Waals surface area contributed by atoms with Crippen LogP contribution in [0.2, 0.25) is 0 Å². The Morgan fingerprint density at radius 1 is 1.29 bits per heavy atom. The summed E-state index contributed by atoms with van der Waals surface area (Å²) in [6.07, 6.45) is 2.55. The maximum absolute atomic E-state index is 11.8. The van der Waals surface area contributed by atoms with Crippen molar-refractivity contribution in [2.24, 2.45) is 0 Å². The number of benzene rings is 1. The summed E-state index contributed by atoms with van der Waals surface area (Å²) in [5, 5.41) is 2.65. The van der Waals surface area contributed by atoms with Crippen LogP contribution in [0, 0.1) is 0 Å². The van der Waals surface area contributed by atoms with Crippen molar-refractivity contribution in [1.82, 2.24) is 5.32 Å². The quantitative estimate of drug-likeness (QED) is 0.672. The Morgan fingerprint density at radius 3 is 2.88 bits per heavy atom. The van der Waals surface area contributed by atoms with Gasteiger partial charge in [-0.15, -0.1) is 0 Å². The van der Waals surface area contributed by atoms with E-state index < -0.39 is 11.9 Å². The number of nitrogens with one attached hydrogen (secondary N) is 1. The van der Waals surface area contributed by atoms with Crippen molar-refractivity contribution >= 4 is 17.6 Å². The smallest absolute Gasteiger partial charge is 0.396 e. The van der Waals surface area contributed by atoms with Gasteiger partial charge in [-0.2, -0.15) is 0 Å². The van der Waals surface area contributed by atoms with Crippen LogP contribution in [0.1, 0.15) is 24.3 Å². The molecule has 0 spiro atoms. The maximum Gasteiger partial charge on any atom is 0.396 e. The number of carbonyl (C=O) groups excluding carboxylic acids is 2. The molecular formula is C18H20N2O4. The molecule has 0 unspecified atom stereocenters. The lowest BCUT2D eigenvalue weighted by Crippen LogP contribution is -2.40. The minimum atomic E-state index is -0.863. The molecule has 1 amide bonds. The number of hydrogen-bond donors (Lipinski definition) is 1. The number of furan rings is 1. The van der Waals surface area contributed by atoms with E-state index in [1.807, 2.05) is 24.3 Å². The summed E-state index contributed by atoms with van der Waals surface area (Å²) in [6, 6.07) is 11.7. The number of carbonyl (C=O) groups is 2. The van der Waals surface area contributed by atoms with Crippen LogP contribution in [-0.4, -0.2) is 31.6 Å². The van der Waals surface area contributed by atoms with Gasteiger partial charge in [-0.25, -0.2) is 4.79 Å². The summed E-state index contributed by atoms with van der Waals surface area (Å²) in [7, 11) is 0. The number of ether oxygens (including phenoxy) is 1. The zero-order valence-electron chi connectivity index (χ0n) is 13.5. The highest BCUT2D eigenvalue weighted by atomic mass is 16.5. The predicted molar refractivity (Wildman–Crippen MR) is 88.6 cm³/mol. The number of fused-ring (bicyclic) bond motifs is 1. The first kappa shape index (κ1) is 16.1. The molecule has 126 valence electrons. The molecule has 1 aliphatic heterocycles. The zero-order valence-corrected chi connectivity index (χ0v) is 13.5. The van der Waals surface area contributed by atoms with E-state index in [9.17, 15) is 9.59 Å². The number of anilines is 1. The number of para-hydroxylation sites is 1. The van der Waals surface area contributed by atoms with Crippen LogP contribution in [0.4, 0.5) is 5.69 Å². The third-order valence-electron chi connectivity index (χ3n) is 4.09. The predicted octanol–water partition coefficient (Wildman–Crippen LogP) is 2.06. The van der Waals surface area contributed by atoms with Crippen molar-refractivity contribution in [3.05, 3.63) is 54.0 Å². The molecule has 1 N–H and O–H groups in total. The highest BCUT2D eigenvalue weighted by Gasteiger charge is 2.29. The second-order valence-electron chi connectivity index (χ2n) is 5.53. The van der Waals surface area contributed by atoms with Gasteiger partial charge >= 0.3 is 11.9 Å². The monoisotopic (exact) mass is 328 g/mol. The van der Waals surface area contributed by atoms with Gasteiger partial charge in [0.1, 0.15) is 11.8 Å². The van der Waals surface area contributed by atoms with E-state index in [4.69, 9.17) is 9.15 Å². The molecule has 0 radical (unpaired) electrons. The second kappa shape index (κ2) is 7.21. The lowest BCUT2D eigenvalue weighted by Gasteiger charge is -2.29. The van der Waals surface area contributed by atoms with Gasteiger partial charge < -0.3 is 19.4 Å². The number of esters is 1. The Balaban J connectivity index is 1.77. The summed E-state index contributed by atoms with van der Waals surface area (Å²) in [6.45, 7) is 2.94. The minimum Gasteiger partial charge on any atom is -0.467 e. The molecule has 1 aliphatic rings. The summed E-state index contributed by atoms with van der Waals surface area (Å²) >= 11 is 0. The average molecular weight is 328 g/mol.